The number of nitrogens with zero attached hydrogens (tertiary/aromatic N) is 2. The molecule has 10 heteroatoms. The van der Waals surface area contributed by atoms with E-state index in [1.807, 2.05) is 27.7 Å². The molecule has 228 valence electrons. The van der Waals surface area contributed by atoms with E-state index in [4.69, 9.17) is 18.9 Å². The predicted molar refractivity (Wildman–Crippen MR) is 146 cm³/mol. The number of hydrogen-bond acceptors (Lipinski definition) is 8. The number of piperidine rings is 2. The Hall–Kier alpha value is -1.30. The molecule has 2 N–H and O–H groups in total. The molecule has 0 unspecified atom stereocenters. The van der Waals surface area contributed by atoms with Gasteiger partial charge < -0.3 is 39.0 Å². The van der Waals surface area contributed by atoms with Gasteiger partial charge in [0.2, 0.25) is 11.8 Å². The molecule has 10 atom stereocenters. The Bertz CT molecular complexity index is 869. The summed E-state index contributed by atoms with van der Waals surface area (Å²) in [5, 5.41) is 21.3. The molecular weight excluding hydrogens is 516 g/mol. The number of ether oxygens (including phenoxy) is 4. The lowest BCUT2D eigenvalue weighted by atomic mass is 9.83. The van der Waals surface area contributed by atoms with Crippen LogP contribution in [0, 0.1) is 11.8 Å². The van der Waals surface area contributed by atoms with E-state index in [9.17, 15) is 19.8 Å². The van der Waals surface area contributed by atoms with Crippen molar-refractivity contribution >= 4 is 11.8 Å². The zero-order valence-electron chi connectivity index (χ0n) is 25.1. The Morgan fingerprint density at radius 3 is 1.43 bits per heavy atom. The average molecular weight is 567 g/mol. The van der Waals surface area contributed by atoms with E-state index in [1.165, 1.54) is 0 Å². The van der Waals surface area contributed by atoms with Gasteiger partial charge in [0, 0.05) is 12.8 Å². The molecule has 0 spiro atoms. The van der Waals surface area contributed by atoms with Crippen LogP contribution in [0.4, 0.5) is 0 Å². The molecule has 6 rings (SSSR count). The van der Waals surface area contributed by atoms with Gasteiger partial charge in [0.15, 0.2) is 11.6 Å². The Morgan fingerprint density at radius 1 is 0.700 bits per heavy atom. The van der Waals surface area contributed by atoms with Crippen molar-refractivity contribution in [2.45, 2.75) is 153 Å². The van der Waals surface area contributed by atoms with Gasteiger partial charge in [-0.3, -0.25) is 9.59 Å². The quantitative estimate of drug-likeness (QED) is 0.504. The first kappa shape index (κ1) is 30.2. The summed E-state index contributed by atoms with van der Waals surface area (Å²) in [5.41, 5.74) is 0. The number of hydrogen-bond donors (Lipinski definition) is 2. The van der Waals surface area contributed by atoms with Gasteiger partial charge in [0.05, 0.1) is 37.4 Å². The Kier molecular flexibility index (Phi) is 8.61. The SMILES string of the molecule is CCCC[C@H]1CC(=O)N2C[C@H]3OC(C)(C)O[C@H]3[C@@H]2[C@H]1O.CCCC[C@H]1CC(=O)N2C[C@H]3OC(C)(C)O[C@H]3[C@H]2[C@@H]1O. The maximum Gasteiger partial charge on any atom is 0.223 e. The first-order valence-corrected chi connectivity index (χ1v) is 15.5. The summed E-state index contributed by atoms with van der Waals surface area (Å²) in [6, 6.07) is -0.463. The van der Waals surface area contributed by atoms with Crippen molar-refractivity contribution < 1.29 is 38.7 Å². The van der Waals surface area contributed by atoms with Crippen LogP contribution >= 0.6 is 0 Å². The Balaban J connectivity index is 0.000000161. The molecule has 0 aliphatic carbocycles. The lowest BCUT2D eigenvalue weighted by molar-refractivity contribution is -0.181. The van der Waals surface area contributed by atoms with Gasteiger partial charge in [-0.15, -0.1) is 0 Å². The van der Waals surface area contributed by atoms with E-state index in [0.29, 0.717) is 25.9 Å². The van der Waals surface area contributed by atoms with E-state index in [2.05, 4.69) is 13.8 Å². The van der Waals surface area contributed by atoms with E-state index in [-0.39, 0.29) is 60.1 Å². The first-order valence-electron chi connectivity index (χ1n) is 15.5. The average Bonchev–Trinajstić information content (AvgIpc) is 3.57. The van der Waals surface area contributed by atoms with Crippen LogP contribution in [0.5, 0.6) is 0 Å². The van der Waals surface area contributed by atoms with E-state index < -0.39 is 23.8 Å². The Labute approximate surface area is 238 Å². The number of amides is 2. The topological polar surface area (TPSA) is 118 Å². The third-order valence-electron chi connectivity index (χ3n) is 9.63. The summed E-state index contributed by atoms with van der Waals surface area (Å²) in [4.78, 5) is 28.1. The monoisotopic (exact) mass is 566 g/mol. The minimum absolute atomic E-state index is 0.0646. The summed E-state index contributed by atoms with van der Waals surface area (Å²) in [5.74, 6) is -0.813. The predicted octanol–water partition coefficient (Wildman–Crippen LogP) is 2.58. The van der Waals surface area contributed by atoms with Crippen LogP contribution in [0.2, 0.25) is 0 Å². The maximum absolute atomic E-state index is 12.3. The number of fused-ring (bicyclic) bond motifs is 6. The van der Waals surface area contributed by atoms with Crippen LogP contribution in [0.15, 0.2) is 0 Å². The summed E-state index contributed by atoms with van der Waals surface area (Å²) >= 11 is 0. The van der Waals surface area contributed by atoms with Gasteiger partial charge in [-0.1, -0.05) is 39.5 Å². The number of carbonyl (C=O) groups excluding carboxylic acids is 2. The Morgan fingerprint density at radius 2 is 1.07 bits per heavy atom. The zero-order valence-corrected chi connectivity index (χ0v) is 25.1. The second kappa shape index (κ2) is 11.4. The first-order chi connectivity index (χ1) is 18.9. The number of rotatable bonds is 6. The second-order valence-corrected chi connectivity index (χ2v) is 13.5. The minimum atomic E-state index is -0.611. The van der Waals surface area contributed by atoms with Crippen molar-refractivity contribution in [1.29, 1.82) is 0 Å². The van der Waals surface area contributed by atoms with Crippen LogP contribution in [-0.4, -0.2) is 105 Å². The molecule has 0 radical (unpaired) electrons. The van der Waals surface area contributed by atoms with Crippen LogP contribution in [0.1, 0.15) is 92.9 Å². The fraction of sp³-hybridized carbons (Fsp3) is 0.933. The van der Waals surface area contributed by atoms with Gasteiger partial charge in [-0.25, -0.2) is 0 Å². The fourth-order valence-electron chi connectivity index (χ4n) is 7.83. The van der Waals surface area contributed by atoms with E-state index in [0.717, 1.165) is 38.5 Å². The maximum atomic E-state index is 12.3. The summed E-state index contributed by atoms with van der Waals surface area (Å²) < 4.78 is 23.6. The van der Waals surface area contributed by atoms with Crippen LogP contribution in [0.3, 0.4) is 0 Å². The third-order valence-corrected chi connectivity index (χ3v) is 9.63. The van der Waals surface area contributed by atoms with Crippen molar-refractivity contribution in [3.8, 4) is 0 Å². The second-order valence-electron chi connectivity index (χ2n) is 13.5. The van der Waals surface area contributed by atoms with Crippen molar-refractivity contribution in [2.24, 2.45) is 11.8 Å². The molecule has 6 fully saturated rings. The number of aliphatic hydroxyl groups excluding tert-OH is 2. The molecular formula is C30H50N2O8. The normalized spacial score (nSPS) is 42.7. The van der Waals surface area contributed by atoms with Gasteiger partial charge in [-0.05, 0) is 52.4 Å². The highest BCUT2D eigenvalue weighted by Crippen LogP contribution is 2.44. The van der Waals surface area contributed by atoms with Gasteiger partial charge >= 0.3 is 0 Å². The third kappa shape index (κ3) is 5.69. The smallest absolute Gasteiger partial charge is 0.223 e. The molecule has 0 aromatic rings. The molecule has 40 heavy (non-hydrogen) atoms. The fourth-order valence-corrected chi connectivity index (χ4v) is 7.83. The molecule has 6 aliphatic rings. The van der Waals surface area contributed by atoms with Crippen molar-refractivity contribution in [3.63, 3.8) is 0 Å². The molecule has 6 saturated heterocycles. The van der Waals surface area contributed by atoms with Crippen LogP contribution in [0.25, 0.3) is 0 Å². The van der Waals surface area contributed by atoms with Crippen molar-refractivity contribution in [3.05, 3.63) is 0 Å². The van der Waals surface area contributed by atoms with E-state index in [1.54, 1.807) is 9.80 Å². The molecule has 2 amide bonds. The number of aliphatic hydroxyl groups is 2. The minimum Gasteiger partial charge on any atom is -0.391 e. The standard InChI is InChI=1S/2C15H25NO4/c2*1-4-5-6-9-7-11(17)16-8-10-14(12(16)13(9)18)20-15(2,3)19-10/h2*9-10,12-14,18H,4-8H2,1-3H3/t9-,10+,12+,13+,14+;9-,10+,12-,13-,14+/m00/s1. The highest BCUT2D eigenvalue weighted by Gasteiger charge is 2.60. The van der Waals surface area contributed by atoms with Gasteiger partial charge in [-0.2, -0.15) is 0 Å². The van der Waals surface area contributed by atoms with Crippen molar-refractivity contribution in [1.82, 2.24) is 9.80 Å². The summed E-state index contributed by atoms with van der Waals surface area (Å²) in [7, 11) is 0. The molecule has 0 aromatic heterocycles. The molecule has 6 aliphatic heterocycles. The highest BCUT2D eigenvalue weighted by atomic mass is 16.8. The van der Waals surface area contributed by atoms with Crippen molar-refractivity contribution in [2.75, 3.05) is 13.1 Å². The van der Waals surface area contributed by atoms with Crippen LogP contribution in [-0.2, 0) is 28.5 Å². The molecule has 10 nitrogen and oxygen atoms in total. The number of unbranched alkanes of at least 4 members (excludes halogenated alkanes) is 2. The molecule has 0 aromatic carbocycles. The lowest BCUT2D eigenvalue weighted by Crippen LogP contribution is -2.56. The summed E-state index contributed by atoms with van der Waals surface area (Å²) in [6.45, 7) is 12.9. The van der Waals surface area contributed by atoms with Crippen LogP contribution < -0.4 is 0 Å². The largest absolute Gasteiger partial charge is 0.391 e. The summed E-state index contributed by atoms with van der Waals surface area (Å²) in [6.07, 6.45) is 5.47. The molecule has 0 bridgehead atoms. The zero-order chi connectivity index (χ0) is 29.0. The van der Waals surface area contributed by atoms with Gasteiger partial charge in [0.25, 0.3) is 0 Å². The lowest BCUT2D eigenvalue weighted by Gasteiger charge is -2.41. The highest BCUT2D eigenvalue weighted by molar-refractivity contribution is 5.79. The molecule has 0 saturated carbocycles. The van der Waals surface area contributed by atoms with E-state index >= 15 is 0 Å². The number of carbonyl (C=O) groups is 2. The molecule has 6 heterocycles. The van der Waals surface area contributed by atoms with Gasteiger partial charge in [0.1, 0.15) is 24.4 Å².